The van der Waals surface area contributed by atoms with Crippen LogP contribution in [0.15, 0.2) is 22.9 Å². The van der Waals surface area contributed by atoms with E-state index in [4.69, 9.17) is 21.8 Å². The van der Waals surface area contributed by atoms with Crippen LogP contribution in [0.25, 0.3) is 11.0 Å². The van der Waals surface area contributed by atoms with E-state index in [-0.39, 0.29) is 0 Å². The van der Waals surface area contributed by atoms with Crippen LogP contribution < -0.4 is 5.73 Å². The van der Waals surface area contributed by atoms with Crippen LogP contribution in [-0.2, 0) is 6.54 Å². The molecular weight excluding hydrogens is 176 g/mol. The normalized spacial score (nSPS) is 10.8. The highest BCUT2D eigenvalue weighted by molar-refractivity contribution is 6.34. The number of furan rings is 1. The summed E-state index contributed by atoms with van der Waals surface area (Å²) in [4.78, 5) is 3.93. The second kappa shape index (κ2) is 2.77. The molecule has 0 atom stereocenters. The first-order valence-electron chi connectivity index (χ1n) is 3.53. The number of rotatable bonds is 1. The molecule has 2 aromatic heterocycles. The van der Waals surface area contributed by atoms with Gasteiger partial charge in [-0.1, -0.05) is 11.6 Å². The maximum Gasteiger partial charge on any atom is 0.156 e. The molecule has 0 fully saturated rings. The predicted molar refractivity (Wildman–Crippen MR) is 46.9 cm³/mol. The van der Waals surface area contributed by atoms with Crippen molar-refractivity contribution in [2.75, 3.05) is 0 Å². The molecule has 0 aliphatic rings. The molecule has 2 N–H and O–H groups in total. The van der Waals surface area contributed by atoms with Crippen molar-refractivity contribution in [3.63, 3.8) is 0 Å². The number of nitrogens with two attached hydrogens (primary N) is 1. The van der Waals surface area contributed by atoms with Gasteiger partial charge in [-0.2, -0.15) is 0 Å². The summed E-state index contributed by atoms with van der Waals surface area (Å²) in [5, 5.41) is 1.41. The van der Waals surface area contributed by atoms with Gasteiger partial charge in [0, 0.05) is 17.8 Å². The highest BCUT2D eigenvalue weighted by Gasteiger charge is 2.05. The van der Waals surface area contributed by atoms with E-state index >= 15 is 0 Å². The minimum Gasteiger partial charge on any atom is -0.458 e. The molecule has 12 heavy (non-hydrogen) atoms. The van der Waals surface area contributed by atoms with Gasteiger partial charge in [-0.25, -0.2) is 0 Å². The first-order chi connectivity index (χ1) is 5.81. The van der Waals surface area contributed by atoms with E-state index < -0.39 is 0 Å². The van der Waals surface area contributed by atoms with Gasteiger partial charge < -0.3 is 10.2 Å². The molecule has 0 saturated carbocycles. The molecule has 0 aromatic carbocycles. The lowest BCUT2D eigenvalue weighted by Crippen LogP contribution is -1.92. The van der Waals surface area contributed by atoms with Crippen molar-refractivity contribution in [3.8, 4) is 0 Å². The molecule has 0 saturated heterocycles. The quantitative estimate of drug-likeness (QED) is 0.734. The van der Waals surface area contributed by atoms with Crippen molar-refractivity contribution in [1.29, 1.82) is 0 Å². The van der Waals surface area contributed by atoms with E-state index in [1.54, 1.807) is 12.4 Å². The SMILES string of the molecule is NCc1cc2cncc(Cl)c2o1. The number of halogens is 1. The van der Waals surface area contributed by atoms with E-state index in [2.05, 4.69) is 4.98 Å². The summed E-state index contributed by atoms with van der Waals surface area (Å²) in [6.07, 6.45) is 3.25. The Balaban J connectivity index is 2.74. The van der Waals surface area contributed by atoms with E-state index in [0.29, 0.717) is 17.2 Å². The zero-order valence-corrected chi connectivity index (χ0v) is 7.01. The predicted octanol–water partition coefficient (Wildman–Crippen LogP) is 1.94. The zero-order chi connectivity index (χ0) is 8.55. The molecule has 0 spiro atoms. The van der Waals surface area contributed by atoms with Crippen molar-refractivity contribution in [2.45, 2.75) is 6.54 Å². The summed E-state index contributed by atoms with van der Waals surface area (Å²) in [5.41, 5.74) is 6.07. The van der Waals surface area contributed by atoms with Crippen LogP contribution in [0.1, 0.15) is 5.76 Å². The van der Waals surface area contributed by atoms with E-state index in [0.717, 1.165) is 11.1 Å². The molecule has 0 amide bonds. The van der Waals surface area contributed by atoms with Gasteiger partial charge in [-0.15, -0.1) is 0 Å². The number of aromatic nitrogens is 1. The van der Waals surface area contributed by atoms with Gasteiger partial charge in [0.2, 0.25) is 0 Å². The molecule has 3 nitrogen and oxygen atoms in total. The highest BCUT2D eigenvalue weighted by Crippen LogP contribution is 2.24. The van der Waals surface area contributed by atoms with E-state index in [1.165, 1.54) is 0 Å². The first-order valence-corrected chi connectivity index (χ1v) is 3.91. The molecule has 62 valence electrons. The monoisotopic (exact) mass is 182 g/mol. The maximum absolute atomic E-state index is 5.83. The Morgan fingerprint density at radius 2 is 2.33 bits per heavy atom. The van der Waals surface area contributed by atoms with Crippen molar-refractivity contribution < 1.29 is 4.42 Å². The molecule has 0 aliphatic carbocycles. The number of hydrogen-bond donors (Lipinski definition) is 1. The minimum atomic E-state index is 0.380. The molecule has 0 aliphatic heterocycles. The number of fused-ring (bicyclic) bond motifs is 1. The van der Waals surface area contributed by atoms with Gasteiger partial charge >= 0.3 is 0 Å². The van der Waals surface area contributed by atoms with Crippen LogP contribution in [0.3, 0.4) is 0 Å². The van der Waals surface area contributed by atoms with Crippen LogP contribution in [0.5, 0.6) is 0 Å². The van der Waals surface area contributed by atoms with Crippen molar-refractivity contribution in [1.82, 2.24) is 4.98 Å². The first kappa shape index (κ1) is 7.58. The largest absolute Gasteiger partial charge is 0.458 e. The van der Waals surface area contributed by atoms with Crippen molar-refractivity contribution in [3.05, 3.63) is 29.2 Å². The lowest BCUT2D eigenvalue weighted by Gasteiger charge is -1.88. The second-order valence-electron chi connectivity index (χ2n) is 2.46. The van der Waals surface area contributed by atoms with Crippen LogP contribution in [-0.4, -0.2) is 4.98 Å². The van der Waals surface area contributed by atoms with E-state index in [1.807, 2.05) is 6.07 Å². The molecule has 0 bridgehead atoms. The third kappa shape index (κ3) is 1.07. The minimum absolute atomic E-state index is 0.380. The molecular formula is C8H7ClN2O. The van der Waals surface area contributed by atoms with Gasteiger partial charge in [-0.3, -0.25) is 4.98 Å². The summed E-state index contributed by atoms with van der Waals surface area (Å²) in [7, 11) is 0. The molecule has 2 rings (SSSR count). The summed E-state index contributed by atoms with van der Waals surface area (Å²) in [5.74, 6) is 0.722. The van der Waals surface area contributed by atoms with E-state index in [9.17, 15) is 0 Å². The molecule has 4 heteroatoms. The average Bonchev–Trinajstić information content (AvgIpc) is 2.49. The molecule has 2 heterocycles. The topological polar surface area (TPSA) is 52.0 Å². The Kier molecular flexibility index (Phi) is 1.75. The van der Waals surface area contributed by atoms with Crippen LogP contribution in [0, 0.1) is 0 Å². The molecule has 2 aromatic rings. The standard InChI is InChI=1S/C8H7ClN2O/c9-7-4-11-3-5-1-6(2-10)12-8(5)7/h1,3-4H,2,10H2. The Labute approximate surface area is 74.1 Å². The lowest BCUT2D eigenvalue weighted by atomic mass is 10.3. The Morgan fingerprint density at radius 3 is 3.00 bits per heavy atom. The van der Waals surface area contributed by atoms with Crippen molar-refractivity contribution in [2.24, 2.45) is 5.73 Å². The summed E-state index contributed by atoms with van der Waals surface area (Å²) in [6, 6.07) is 1.84. The van der Waals surface area contributed by atoms with Gasteiger partial charge in [0.25, 0.3) is 0 Å². The third-order valence-electron chi connectivity index (χ3n) is 1.63. The zero-order valence-electron chi connectivity index (χ0n) is 6.25. The van der Waals surface area contributed by atoms with Crippen LogP contribution in [0.2, 0.25) is 5.02 Å². The average molecular weight is 183 g/mol. The third-order valence-corrected chi connectivity index (χ3v) is 1.90. The molecule has 0 radical (unpaired) electrons. The maximum atomic E-state index is 5.83. The fraction of sp³-hybridized carbons (Fsp3) is 0.125. The lowest BCUT2D eigenvalue weighted by molar-refractivity contribution is 0.552. The number of nitrogens with zero attached hydrogens (tertiary/aromatic N) is 1. The van der Waals surface area contributed by atoms with Gasteiger partial charge in [0.05, 0.1) is 6.54 Å². The number of pyridine rings is 1. The Morgan fingerprint density at radius 1 is 1.50 bits per heavy atom. The number of hydrogen-bond acceptors (Lipinski definition) is 3. The fourth-order valence-electron chi connectivity index (χ4n) is 1.08. The summed E-state index contributed by atoms with van der Waals surface area (Å²) in [6.45, 7) is 0.380. The smallest absolute Gasteiger partial charge is 0.156 e. The molecule has 0 unspecified atom stereocenters. The van der Waals surface area contributed by atoms with Gasteiger partial charge in [0.1, 0.15) is 10.8 Å². The van der Waals surface area contributed by atoms with Gasteiger partial charge in [0.15, 0.2) is 5.58 Å². The van der Waals surface area contributed by atoms with Crippen molar-refractivity contribution >= 4 is 22.6 Å². The van der Waals surface area contributed by atoms with Gasteiger partial charge in [-0.05, 0) is 6.07 Å². The van der Waals surface area contributed by atoms with Crippen LogP contribution in [0.4, 0.5) is 0 Å². The van der Waals surface area contributed by atoms with Crippen LogP contribution >= 0.6 is 11.6 Å². The summed E-state index contributed by atoms with van der Waals surface area (Å²) >= 11 is 5.83. The second-order valence-corrected chi connectivity index (χ2v) is 2.86. The summed E-state index contributed by atoms with van der Waals surface area (Å²) < 4.78 is 5.35. The fourth-order valence-corrected chi connectivity index (χ4v) is 1.29. The Bertz CT molecular complexity index is 410. The highest BCUT2D eigenvalue weighted by atomic mass is 35.5. The Hall–Kier alpha value is -1.06.